The first kappa shape index (κ1) is 17.2. The van der Waals surface area contributed by atoms with Crippen molar-refractivity contribution in [2.45, 2.75) is 71.4 Å². The molecule has 0 radical (unpaired) electrons. The van der Waals surface area contributed by atoms with Gasteiger partial charge in [0.1, 0.15) is 0 Å². The molecule has 0 aromatic carbocycles. The molecule has 3 heteroatoms. The number of aliphatic hydroxyl groups is 1. The van der Waals surface area contributed by atoms with Crippen LogP contribution in [0.1, 0.15) is 59.8 Å². The molecule has 0 aromatic heterocycles. The summed E-state index contributed by atoms with van der Waals surface area (Å²) in [4.78, 5) is 2.50. The van der Waals surface area contributed by atoms with Gasteiger partial charge in [-0.15, -0.1) is 0 Å². The molecule has 1 aliphatic carbocycles. The van der Waals surface area contributed by atoms with Gasteiger partial charge in [0, 0.05) is 19.1 Å². The Bertz CT molecular complexity index is 335. The molecule has 1 saturated carbocycles. The molecule has 2 aliphatic rings. The first-order chi connectivity index (χ1) is 9.71. The van der Waals surface area contributed by atoms with Crippen LogP contribution in [-0.2, 0) is 0 Å². The molecule has 0 spiro atoms. The lowest BCUT2D eigenvalue weighted by molar-refractivity contribution is -0.0265. The van der Waals surface area contributed by atoms with Crippen LogP contribution in [0.5, 0.6) is 0 Å². The van der Waals surface area contributed by atoms with Gasteiger partial charge >= 0.3 is 0 Å². The Kier molecular flexibility index (Phi) is 5.38. The molecule has 0 bridgehead atoms. The predicted molar refractivity (Wildman–Crippen MR) is 89.4 cm³/mol. The number of β-amino-alcohol motifs (C(OH)–C–C–N with tert-alkyl or cyclic N) is 1. The van der Waals surface area contributed by atoms with Gasteiger partial charge < -0.3 is 15.3 Å². The zero-order valence-electron chi connectivity index (χ0n) is 14.8. The van der Waals surface area contributed by atoms with Crippen molar-refractivity contribution in [3.05, 3.63) is 0 Å². The summed E-state index contributed by atoms with van der Waals surface area (Å²) in [5.74, 6) is 1.55. The lowest BCUT2D eigenvalue weighted by Gasteiger charge is -2.45. The van der Waals surface area contributed by atoms with Gasteiger partial charge in [0.15, 0.2) is 0 Å². The minimum Gasteiger partial charge on any atom is -0.389 e. The highest BCUT2D eigenvalue weighted by molar-refractivity contribution is 4.91. The molecular formula is C18H36N2O. The summed E-state index contributed by atoms with van der Waals surface area (Å²) < 4.78 is 0. The molecule has 4 unspecified atom stereocenters. The maximum absolute atomic E-state index is 10.3. The molecule has 2 N–H and O–H groups in total. The van der Waals surface area contributed by atoms with E-state index in [1.807, 2.05) is 6.92 Å². The number of piperidine rings is 1. The van der Waals surface area contributed by atoms with Crippen LogP contribution in [-0.4, -0.2) is 48.3 Å². The fourth-order valence-corrected chi connectivity index (χ4v) is 4.44. The molecule has 124 valence electrons. The molecule has 1 saturated heterocycles. The van der Waals surface area contributed by atoms with Crippen molar-refractivity contribution < 1.29 is 5.11 Å². The third-order valence-electron chi connectivity index (χ3n) is 5.82. The Morgan fingerprint density at radius 2 is 2.00 bits per heavy atom. The molecule has 1 aliphatic heterocycles. The Balaban J connectivity index is 1.97. The predicted octanol–water partition coefficient (Wildman–Crippen LogP) is 2.88. The first-order valence-corrected chi connectivity index (χ1v) is 8.83. The summed E-state index contributed by atoms with van der Waals surface area (Å²) >= 11 is 0. The van der Waals surface area contributed by atoms with Crippen LogP contribution in [0, 0.1) is 17.3 Å². The summed E-state index contributed by atoms with van der Waals surface area (Å²) in [6, 6.07) is 0.649. The molecule has 3 nitrogen and oxygen atoms in total. The molecule has 21 heavy (non-hydrogen) atoms. The summed E-state index contributed by atoms with van der Waals surface area (Å²) in [5.41, 5.74) is -0.0597. The fourth-order valence-electron chi connectivity index (χ4n) is 4.44. The average molecular weight is 296 g/mol. The highest BCUT2D eigenvalue weighted by Crippen LogP contribution is 2.40. The molecule has 2 rings (SSSR count). The van der Waals surface area contributed by atoms with Crippen molar-refractivity contribution in [2.24, 2.45) is 17.3 Å². The van der Waals surface area contributed by atoms with E-state index in [0.29, 0.717) is 11.5 Å². The van der Waals surface area contributed by atoms with Crippen molar-refractivity contribution in [3.8, 4) is 0 Å². The second-order valence-electron chi connectivity index (χ2n) is 8.87. The van der Waals surface area contributed by atoms with Crippen molar-refractivity contribution in [1.29, 1.82) is 0 Å². The van der Waals surface area contributed by atoms with Gasteiger partial charge in [0.05, 0.1) is 5.60 Å². The van der Waals surface area contributed by atoms with E-state index in [1.54, 1.807) is 0 Å². The van der Waals surface area contributed by atoms with Crippen LogP contribution < -0.4 is 5.32 Å². The normalized spacial score (nSPS) is 39.4. The van der Waals surface area contributed by atoms with Crippen LogP contribution >= 0.6 is 0 Å². The maximum atomic E-state index is 10.3. The minimum absolute atomic E-state index is 0.421. The minimum atomic E-state index is -0.481. The van der Waals surface area contributed by atoms with Crippen LogP contribution in [0.4, 0.5) is 0 Å². The van der Waals surface area contributed by atoms with Gasteiger partial charge in [-0.2, -0.15) is 0 Å². The monoisotopic (exact) mass is 296 g/mol. The molecule has 1 heterocycles. The Hall–Kier alpha value is -0.120. The van der Waals surface area contributed by atoms with Crippen LogP contribution in [0.3, 0.4) is 0 Å². The van der Waals surface area contributed by atoms with E-state index in [-0.39, 0.29) is 0 Å². The van der Waals surface area contributed by atoms with Crippen LogP contribution in [0.15, 0.2) is 0 Å². The molecule has 2 fully saturated rings. The molecule has 0 amide bonds. The first-order valence-electron chi connectivity index (χ1n) is 8.83. The molecule has 0 aromatic rings. The van der Waals surface area contributed by atoms with E-state index in [4.69, 9.17) is 0 Å². The van der Waals surface area contributed by atoms with Crippen molar-refractivity contribution in [3.63, 3.8) is 0 Å². The maximum Gasteiger partial charge on any atom is 0.0746 e. The topological polar surface area (TPSA) is 35.5 Å². The highest BCUT2D eigenvalue weighted by atomic mass is 16.3. The number of nitrogens with one attached hydrogen (secondary N) is 1. The van der Waals surface area contributed by atoms with Gasteiger partial charge in [0.2, 0.25) is 0 Å². The second kappa shape index (κ2) is 6.55. The Morgan fingerprint density at radius 3 is 2.57 bits per heavy atom. The number of hydrogen-bond acceptors (Lipinski definition) is 3. The quantitative estimate of drug-likeness (QED) is 0.840. The second-order valence-corrected chi connectivity index (χ2v) is 8.87. The lowest BCUT2D eigenvalue weighted by atomic mass is 9.67. The lowest BCUT2D eigenvalue weighted by Crippen LogP contribution is -2.51. The number of hydrogen-bond donors (Lipinski definition) is 2. The summed E-state index contributed by atoms with van der Waals surface area (Å²) in [6.07, 6.45) is 6.06. The van der Waals surface area contributed by atoms with E-state index >= 15 is 0 Å². The van der Waals surface area contributed by atoms with Crippen molar-refractivity contribution in [1.82, 2.24) is 10.2 Å². The van der Waals surface area contributed by atoms with Gasteiger partial charge in [0.25, 0.3) is 0 Å². The Morgan fingerprint density at radius 1 is 1.29 bits per heavy atom. The van der Waals surface area contributed by atoms with Gasteiger partial charge in [-0.3, -0.25) is 0 Å². The summed E-state index contributed by atoms with van der Waals surface area (Å²) in [5, 5.41) is 13.9. The summed E-state index contributed by atoms with van der Waals surface area (Å²) in [7, 11) is 2.11. The summed E-state index contributed by atoms with van der Waals surface area (Å²) in [6.45, 7) is 12.3. The zero-order chi connectivity index (χ0) is 15.7. The van der Waals surface area contributed by atoms with E-state index < -0.39 is 5.60 Å². The Labute approximate surface area is 131 Å². The van der Waals surface area contributed by atoms with Gasteiger partial charge in [-0.25, -0.2) is 0 Å². The van der Waals surface area contributed by atoms with E-state index in [2.05, 4.69) is 38.0 Å². The third kappa shape index (κ3) is 4.67. The van der Waals surface area contributed by atoms with Crippen LogP contribution in [0.25, 0.3) is 0 Å². The smallest absolute Gasteiger partial charge is 0.0746 e. The van der Waals surface area contributed by atoms with Gasteiger partial charge in [-0.05, 0) is 69.9 Å². The van der Waals surface area contributed by atoms with Crippen molar-refractivity contribution >= 4 is 0 Å². The third-order valence-corrected chi connectivity index (χ3v) is 5.82. The van der Waals surface area contributed by atoms with Gasteiger partial charge in [-0.1, -0.05) is 20.8 Å². The zero-order valence-corrected chi connectivity index (χ0v) is 14.8. The van der Waals surface area contributed by atoms with E-state index in [1.165, 1.54) is 19.3 Å². The van der Waals surface area contributed by atoms with E-state index in [9.17, 15) is 5.11 Å². The molecule has 4 atom stereocenters. The number of likely N-dealkylation sites (tertiary alicyclic amines) is 1. The average Bonchev–Trinajstić information content (AvgIpc) is 2.36. The molecular weight excluding hydrogens is 260 g/mol. The van der Waals surface area contributed by atoms with E-state index in [0.717, 1.165) is 44.3 Å². The SMILES string of the molecule is CNC1CCC(C(C)(C)C)CC1CN1CCCC(C)(O)C1. The standard InChI is InChI=1S/C18H36N2O/c1-17(2,3)15-7-8-16(19-5)14(11-15)12-20-10-6-9-18(4,21)13-20/h14-16,19,21H,6-13H2,1-5H3. The fraction of sp³-hybridized carbons (Fsp3) is 1.00. The largest absolute Gasteiger partial charge is 0.389 e. The van der Waals surface area contributed by atoms with Crippen LogP contribution in [0.2, 0.25) is 0 Å². The highest BCUT2D eigenvalue weighted by Gasteiger charge is 2.37. The number of nitrogens with zero attached hydrogens (tertiary/aromatic N) is 1. The number of rotatable bonds is 3. The van der Waals surface area contributed by atoms with Crippen molar-refractivity contribution in [2.75, 3.05) is 26.7 Å².